The lowest BCUT2D eigenvalue weighted by atomic mass is 10.0. The third-order valence-electron chi connectivity index (χ3n) is 4.81. The van der Waals surface area contributed by atoms with Crippen LogP contribution in [0.4, 0.5) is 13.2 Å². The monoisotopic (exact) mass is 406 g/mol. The fourth-order valence-electron chi connectivity index (χ4n) is 3.23. The number of halogens is 3. The Hall–Kier alpha value is -3.03. The average Bonchev–Trinajstić information content (AvgIpc) is 2.73. The number of hydrogen-bond donors (Lipinski definition) is 1. The lowest BCUT2D eigenvalue weighted by Crippen LogP contribution is -2.46. The maximum atomic E-state index is 13.9. The van der Waals surface area contributed by atoms with E-state index in [4.69, 9.17) is 4.74 Å². The number of piperidine rings is 1. The van der Waals surface area contributed by atoms with Gasteiger partial charge in [-0.05, 0) is 56.2 Å². The van der Waals surface area contributed by atoms with E-state index in [-0.39, 0.29) is 25.0 Å². The van der Waals surface area contributed by atoms with Gasteiger partial charge in [-0.15, -0.1) is 0 Å². The Bertz CT molecular complexity index is 895. The molecule has 0 radical (unpaired) electrons. The van der Waals surface area contributed by atoms with Gasteiger partial charge >= 0.3 is 0 Å². The van der Waals surface area contributed by atoms with Crippen molar-refractivity contribution in [2.45, 2.75) is 25.8 Å². The highest BCUT2D eigenvalue weighted by Gasteiger charge is 2.28. The molecule has 0 saturated carbocycles. The van der Waals surface area contributed by atoms with E-state index in [1.54, 1.807) is 24.3 Å². The van der Waals surface area contributed by atoms with E-state index in [9.17, 15) is 22.8 Å². The van der Waals surface area contributed by atoms with E-state index in [0.717, 1.165) is 12.1 Å². The van der Waals surface area contributed by atoms with Crippen LogP contribution in [-0.4, -0.2) is 42.5 Å². The Morgan fingerprint density at radius 2 is 1.69 bits per heavy atom. The lowest BCUT2D eigenvalue weighted by molar-refractivity contribution is 0.0692. The zero-order valence-electron chi connectivity index (χ0n) is 15.9. The molecular formula is C21H21F3N2O3. The van der Waals surface area contributed by atoms with E-state index >= 15 is 0 Å². The quantitative estimate of drug-likeness (QED) is 0.773. The van der Waals surface area contributed by atoms with E-state index in [2.05, 4.69) is 5.32 Å². The van der Waals surface area contributed by atoms with Crippen molar-refractivity contribution in [1.29, 1.82) is 0 Å². The molecule has 1 aliphatic heterocycles. The van der Waals surface area contributed by atoms with Crippen molar-refractivity contribution >= 4 is 11.8 Å². The lowest BCUT2D eigenvalue weighted by Gasteiger charge is -2.32. The van der Waals surface area contributed by atoms with Crippen molar-refractivity contribution in [3.8, 4) is 5.75 Å². The van der Waals surface area contributed by atoms with Gasteiger partial charge in [0, 0.05) is 24.7 Å². The smallest absolute Gasteiger partial charge is 0.256 e. The number of nitrogens with one attached hydrogen (secondary N) is 1. The van der Waals surface area contributed by atoms with Gasteiger partial charge in [0.05, 0.1) is 12.2 Å². The minimum absolute atomic E-state index is 0.145. The third kappa shape index (κ3) is 4.70. The predicted octanol–water partition coefficient (Wildman–Crippen LogP) is 3.54. The van der Waals surface area contributed by atoms with Crippen LogP contribution in [0.5, 0.6) is 5.75 Å². The van der Waals surface area contributed by atoms with Gasteiger partial charge in [0.2, 0.25) is 0 Å². The van der Waals surface area contributed by atoms with Crippen molar-refractivity contribution < 1.29 is 27.5 Å². The molecule has 0 aromatic heterocycles. The molecule has 1 heterocycles. The number of amides is 2. The zero-order chi connectivity index (χ0) is 21.0. The van der Waals surface area contributed by atoms with E-state index in [1.165, 1.54) is 4.90 Å². The molecule has 0 atom stereocenters. The molecule has 1 aliphatic rings. The number of carbonyl (C=O) groups excluding carboxylic acids is 2. The first-order chi connectivity index (χ1) is 13.9. The second kappa shape index (κ2) is 8.98. The molecule has 1 saturated heterocycles. The average molecular weight is 406 g/mol. The number of rotatable bonds is 5. The molecule has 3 rings (SSSR count). The minimum atomic E-state index is -1.66. The molecule has 8 heteroatoms. The van der Waals surface area contributed by atoms with Gasteiger partial charge < -0.3 is 15.0 Å². The molecule has 0 aliphatic carbocycles. The largest absolute Gasteiger partial charge is 0.494 e. The van der Waals surface area contributed by atoms with E-state index in [1.807, 2.05) is 6.92 Å². The van der Waals surface area contributed by atoms with Gasteiger partial charge in [0.1, 0.15) is 5.75 Å². The Balaban J connectivity index is 1.55. The first kappa shape index (κ1) is 20.7. The SMILES string of the molecule is CCOc1ccc(C(=O)NC2CCN(C(=O)c3ccc(F)c(F)c3F)CC2)cc1. The molecule has 2 aromatic carbocycles. The normalized spacial score (nSPS) is 14.6. The second-order valence-electron chi connectivity index (χ2n) is 6.72. The van der Waals surface area contributed by atoms with Gasteiger partial charge in [0.25, 0.3) is 11.8 Å². The highest BCUT2D eigenvalue weighted by molar-refractivity contribution is 5.95. The first-order valence-electron chi connectivity index (χ1n) is 9.37. The van der Waals surface area contributed by atoms with E-state index < -0.39 is 28.9 Å². The zero-order valence-corrected chi connectivity index (χ0v) is 15.9. The number of benzene rings is 2. The molecule has 29 heavy (non-hydrogen) atoms. The van der Waals surface area contributed by atoms with Crippen LogP contribution in [-0.2, 0) is 0 Å². The van der Waals surface area contributed by atoms with Crippen molar-refractivity contribution in [1.82, 2.24) is 10.2 Å². The Morgan fingerprint density at radius 1 is 1.03 bits per heavy atom. The first-order valence-corrected chi connectivity index (χ1v) is 9.37. The Labute approximate surface area is 166 Å². The van der Waals surface area contributed by atoms with Crippen molar-refractivity contribution in [2.75, 3.05) is 19.7 Å². The summed E-state index contributed by atoms with van der Waals surface area (Å²) in [7, 11) is 0. The van der Waals surface area contributed by atoms with Crippen molar-refractivity contribution in [3.63, 3.8) is 0 Å². The van der Waals surface area contributed by atoms with Crippen LogP contribution >= 0.6 is 0 Å². The van der Waals surface area contributed by atoms with Crippen LogP contribution in [0.15, 0.2) is 36.4 Å². The van der Waals surface area contributed by atoms with Crippen LogP contribution in [0.3, 0.4) is 0 Å². The summed E-state index contributed by atoms with van der Waals surface area (Å²) in [6.07, 6.45) is 0.944. The highest BCUT2D eigenvalue weighted by Crippen LogP contribution is 2.20. The van der Waals surface area contributed by atoms with Crippen LogP contribution < -0.4 is 10.1 Å². The van der Waals surface area contributed by atoms with Crippen LogP contribution in [0.1, 0.15) is 40.5 Å². The molecule has 1 N–H and O–H groups in total. The maximum Gasteiger partial charge on any atom is 0.256 e. The van der Waals surface area contributed by atoms with Crippen LogP contribution in [0, 0.1) is 17.5 Å². The summed E-state index contributed by atoms with van der Waals surface area (Å²) in [5.41, 5.74) is -0.00316. The molecule has 5 nitrogen and oxygen atoms in total. The molecular weight excluding hydrogens is 385 g/mol. The van der Waals surface area contributed by atoms with Gasteiger partial charge in [-0.2, -0.15) is 0 Å². The molecule has 1 fully saturated rings. The summed E-state index contributed by atoms with van der Waals surface area (Å²) >= 11 is 0. The van der Waals surface area contributed by atoms with Crippen LogP contribution in [0.2, 0.25) is 0 Å². The molecule has 154 valence electrons. The summed E-state index contributed by atoms with van der Waals surface area (Å²) in [4.78, 5) is 26.2. The van der Waals surface area contributed by atoms with Crippen molar-refractivity contribution in [3.05, 3.63) is 65.0 Å². The minimum Gasteiger partial charge on any atom is -0.494 e. The maximum absolute atomic E-state index is 13.9. The highest BCUT2D eigenvalue weighted by atomic mass is 19.2. The second-order valence-corrected chi connectivity index (χ2v) is 6.72. The Kier molecular flexibility index (Phi) is 6.41. The van der Waals surface area contributed by atoms with E-state index in [0.29, 0.717) is 30.8 Å². The molecule has 2 amide bonds. The molecule has 0 bridgehead atoms. The fourth-order valence-corrected chi connectivity index (χ4v) is 3.23. The van der Waals surface area contributed by atoms with Crippen molar-refractivity contribution in [2.24, 2.45) is 0 Å². The van der Waals surface area contributed by atoms with Gasteiger partial charge in [0.15, 0.2) is 17.5 Å². The standard InChI is InChI=1S/C21H21F3N2O3/c1-2-29-15-5-3-13(4-6-15)20(27)25-14-9-11-26(12-10-14)21(28)16-7-8-17(22)19(24)18(16)23/h3-8,14H,2,9-12H2,1H3,(H,25,27). The molecule has 2 aromatic rings. The summed E-state index contributed by atoms with van der Waals surface area (Å²) in [5.74, 6) is -4.73. The Morgan fingerprint density at radius 3 is 2.31 bits per heavy atom. The number of hydrogen-bond acceptors (Lipinski definition) is 3. The predicted molar refractivity (Wildman–Crippen MR) is 100 cm³/mol. The van der Waals surface area contributed by atoms with Gasteiger partial charge in [-0.25, -0.2) is 13.2 Å². The number of likely N-dealkylation sites (tertiary alicyclic amines) is 1. The number of carbonyl (C=O) groups is 2. The molecule has 0 unspecified atom stereocenters. The summed E-state index contributed by atoms with van der Waals surface area (Å²) < 4.78 is 45.6. The molecule has 0 spiro atoms. The number of ether oxygens (including phenoxy) is 1. The van der Waals surface area contributed by atoms with Crippen LogP contribution in [0.25, 0.3) is 0 Å². The number of nitrogens with zero attached hydrogens (tertiary/aromatic N) is 1. The van der Waals surface area contributed by atoms with Gasteiger partial charge in [-0.1, -0.05) is 0 Å². The fraction of sp³-hybridized carbons (Fsp3) is 0.333. The third-order valence-corrected chi connectivity index (χ3v) is 4.81. The summed E-state index contributed by atoms with van der Waals surface area (Å²) in [6, 6.07) is 8.31. The summed E-state index contributed by atoms with van der Waals surface area (Å²) in [5, 5.41) is 2.91. The topological polar surface area (TPSA) is 58.6 Å². The summed E-state index contributed by atoms with van der Waals surface area (Å²) in [6.45, 7) is 2.95. The van der Waals surface area contributed by atoms with Gasteiger partial charge in [-0.3, -0.25) is 9.59 Å².